The van der Waals surface area contributed by atoms with E-state index in [4.69, 9.17) is 4.74 Å². The molecule has 1 aliphatic heterocycles. The van der Waals surface area contributed by atoms with Crippen LogP contribution in [0.25, 0.3) is 0 Å². The SMILES string of the molecule is CCOC(=O)N1CCN(c2cc(Nc3ccccc3C(C)C)ncn2)CC1. The number of amides is 1. The third-order valence-corrected chi connectivity index (χ3v) is 4.63. The monoisotopic (exact) mass is 369 g/mol. The summed E-state index contributed by atoms with van der Waals surface area (Å²) in [6.45, 7) is 9.27. The van der Waals surface area contributed by atoms with Gasteiger partial charge in [-0.1, -0.05) is 32.0 Å². The van der Waals surface area contributed by atoms with E-state index in [9.17, 15) is 4.79 Å². The van der Waals surface area contributed by atoms with Gasteiger partial charge in [-0.2, -0.15) is 0 Å². The van der Waals surface area contributed by atoms with Crippen LogP contribution in [0.1, 0.15) is 32.3 Å². The zero-order valence-corrected chi connectivity index (χ0v) is 16.2. The Morgan fingerprint density at radius 1 is 1.19 bits per heavy atom. The Kier molecular flexibility index (Phi) is 6.11. The first-order valence-electron chi connectivity index (χ1n) is 9.43. The topological polar surface area (TPSA) is 70.6 Å². The minimum Gasteiger partial charge on any atom is -0.450 e. The van der Waals surface area contributed by atoms with Gasteiger partial charge in [0.25, 0.3) is 0 Å². The number of hydrogen-bond donors (Lipinski definition) is 1. The number of rotatable bonds is 5. The van der Waals surface area contributed by atoms with Gasteiger partial charge in [0.05, 0.1) is 6.61 Å². The van der Waals surface area contributed by atoms with Crippen molar-refractivity contribution in [3.05, 3.63) is 42.2 Å². The third-order valence-electron chi connectivity index (χ3n) is 4.63. The van der Waals surface area contributed by atoms with Gasteiger partial charge < -0.3 is 19.9 Å². The molecular weight excluding hydrogens is 342 g/mol. The summed E-state index contributed by atoms with van der Waals surface area (Å²) in [5, 5.41) is 3.41. The highest BCUT2D eigenvalue weighted by Crippen LogP contribution is 2.27. The van der Waals surface area contributed by atoms with Gasteiger partial charge >= 0.3 is 6.09 Å². The number of nitrogens with zero attached hydrogens (tertiary/aromatic N) is 4. The molecule has 0 radical (unpaired) electrons. The molecular formula is C20H27N5O2. The second-order valence-corrected chi connectivity index (χ2v) is 6.80. The largest absolute Gasteiger partial charge is 0.450 e. The van der Waals surface area contributed by atoms with Crippen LogP contribution in [0.3, 0.4) is 0 Å². The van der Waals surface area contributed by atoms with Gasteiger partial charge in [0, 0.05) is 37.9 Å². The number of para-hydroxylation sites is 1. The van der Waals surface area contributed by atoms with E-state index >= 15 is 0 Å². The first-order valence-corrected chi connectivity index (χ1v) is 9.43. The van der Waals surface area contributed by atoms with Gasteiger partial charge in [-0.3, -0.25) is 0 Å². The zero-order chi connectivity index (χ0) is 19.2. The molecule has 1 fully saturated rings. The predicted molar refractivity (Wildman–Crippen MR) is 107 cm³/mol. The summed E-state index contributed by atoms with van der Waals surface area (Å²) in [6.07, 6.45) is 1.33. The Morgan fingerprint density at radius 3 is 2.63 bits per heavy atom. The van der Waals surface area contributed by atoms with Crippen LogP contribution in [-0.4, -0.2) is 53.7 Å². The molecule has 1 aromatic carbocycles. The molecule has 0 bridgehead atoms. The van der Waals surface area contributed by atoms with Crippen molar-refractivity contribution in [2.75, 3.05) is 43.0 Å². The average molecular weight is 369 g/mol. The molecule has 0 unspecified atom stereocenters. The molecule has 0 aliphatic carbocycles. The molecule has 7 nitrogen and oxygen atoms in total. The summed E-state index contributed by atoms with van der Waals surface area (Å²) in [6, 6.07) is 10.2. The maximum Gasteiger partial charge on any atom is 0.409 e. The van der Waals surface area contributed by atoms with Crippen LogP contribution in [0.15, 0.2) is 36.7 Å². The molecule has 0 spiro atoms. The maximum absolute atomic E-state index is 11.8. The Bertz CT molecular complexity index is 772. The van der Waals surface area contributed by atoms with E-state index in [1.54, 1.807) is 11.2 Å². The van der Waals surface area contributed by atoms with E-state index in [2.05, 4.69) is 52.2 Å². The van der Waals surface area contributed by atoms with Crippen LogP contribution in [0, 0.1) is 0 Å². The van der Waals surface area contributed by atoms with E-state index in [0.717, 1.165) is 30.4 Å². The summed E-state index contributed by atoms with van der Waals surface area (Å²) < 4.78 is 5.07. The second-order valence-electron chi connectivity index (χ2n) is 6.80. The quantitative estimate of drug-likeness (QED) is 0.868. The molecule has 7 heteroatoms. The third kappa shape index (κ3) is 4.67. The zero-order valence-electron chi connectivity index (χ0n) is 16.2. The number of carbonyl (C=O) groups excluding carboxylic acids is 1. The van der Waals surface area contributed by atoms with Crippen LogP contribution in [0.2, 0.25) is 0 Å². The number of hydrogen-bond acceptors (Lipinski definition) is 6. The molecule has 3 rings (SSSR count). The van der Waals surface area contributed by atoms with E-state index < -0.39 is 0 Å². The van der Waals surface area contributed by atoms with Gasteiger partial charge in [-0.05, 0) is 24.5 Å². The molecule has 144 valence electrons. The van der Waals surface area contributed by atoms with Crippen LogP contribution in [0.4, 0.5) is 22.1 Å². The van der Waals surface area contributed by atoms with E-state index in [0.29, 0.717) is 25.6 Å². The Labute approximate surface area is 160 Å². The molecule has 1 aliphatic rings. The number of nitrogens with one attached hydrogen (secondary N) is 1. The minimum atomic E-state index is -0.243. The molecule has 1 N–H and O–H groups in total. The lowest BCUT2D eigenvalue weighted by atomic mass is 10.0. The van der Waals surface area contributed by atoms with Crippen LogP contribution in [-0.2, 0) is 4.74 Å². The highest BCUT2D eigenvalue weighted by molar-refractivity contribution is 5.68. The molecule has 2 aromatic rings. The summed E-state index contributed by atoms with van der Waals surface area (Å²) in [4.78, 5) is 24.5. The average Bonchev–Trinajstić information content (AvgIpc) is 2.69. The smallest absolute Gasteiger partial charge is 0.409 e. The lowest BCUT2D eigenvalue weighted by Crippen LogP contribution is -2.49. The second kappa shape index (κ2) is 8.70. The molecule has 0 saturated carbocycles. The molecule has 1 saturated heterocycles. The summed E-state index contributed by atoms with van der Waals surface area (Å²) in [5.41, 5.74) is 2.31. The van der Waals surface area contributed by atoms with Gasteiger partial charge in [0.1, 0.15) is 18.0 Å². The van der Waals surface area contributed by atoms with Crippen molar-refractivity contribution in [2.45, 2.75) is 26.7 Å². The van der Waals surface area contributed by atoms with Crippen LogP contribution < -0.4 is 10.2 Å². The molecule has 0 atom stereocenters. The normalized spacial score (nSPS) is 14.4. The predicted octanol–water partition coefficient (Wildman–Crippen LogP) is 3.62. The molecule has 1 aromatic heterocycles. The number of aromatic nitrogens is 2. The van der Waals surface area contributed by atoms with Gasteiger partial charge in [0.2, 0.25) is 0 Å². The number of ether oxygens (including phenoxy) is 1. The fraction of sp³-hybridized carbons (Fsp3) is 0.450. The number of piperazine rings is 1. The molecule has 2 heterocycles. The highest BCUT2D eigenvalue weighted by atomic mass is 16.6. The first kappa shape index (κ1) is 18.9. The van der Waals surface area contributed by atoms with Crippen molar-refractivity contribution in [1.29, 1.82) is 0 Å². The van der Waals surface area contributed by atoms with Crippen molar-refractivity contribution in [3.63, 3.8) is 0 Å². The summed E-state index contributed by atoms with van der Waals surface area (Å²) in [5.74, 6) is 2.05. The number of benzene rings is 1. The molecule has 1 amide bonds. The minimum absolute atomic E-state index is 0.243. The summed E-state index contributed by atoms with van der Waals surface area (Å²) in [7, 11) is 0. The van der Waals surface area contributed by atoms with Crippen molar-refractivity contribution >= 4 is 23.4 Å². The fourth-order valence-electron chi connectivity index (χ4n) is 3.17. The Hall–Kier alpha value is -2.83. The van der Waals surface area contributed by atoms with E-state index in [1.165, 1.54) is 5.56 Å². The standard InChI is InChI=1S/C20H27N5O2/c1-4-27-20(26)25-11-9-24(10-12-25)19-13-18(21-14-22-19)23-17-8-6-5-7-16(17)15(2)3/h5-8,13-15H,4,9-12H2,1-3H3,(H,21,22,23). The van der Waals surface area contributed by atoms with Gasteiger partial charge in [-0.25, -0.2) is 14.8 Å². The van der Waals surface area contributed by atoms with E-state index in [-0.39, 0.29) is 6.09 Å². The van der Waals surface area contributed by atoms with Crippen molar-refractivity contribution in [2.24, 2.45) is 0 Å². The Morgan fingerprint density at radius 2 is 1.93 bits per heavy atom. The van der Waals surface area contributed by atoms with Gasteiger partial charge in [0.15, 0.2) is 0 Å². The van der Waals surface area contributed by atoms with Gasteiger partial charge in [-0.15, -0.1) is 0 Å². The lowest BCUT2D eigenvalue weighted by Gasteiger charge is -2.34. The number of carbonyl (C=O) groups is 1. The van der Waals surface area contributed by atoms with Crippen molar-refractivity contribution in [1.82, 2.24) is 14.9 Å². The fourth-order valence-corrected chi connectivity index (χ4v) is 3.17. The van der Waals surface area contributed by atoms with Crippen molar-refractivity contribution < 1.29 is 9.53 Å². The van der Waals surface area contributed by atoms with E-state index in [1.807, 2.05) is 19.1 Å². The number of anilines is 3. The first-order chi connectivity index (χ1) is 13.1. The van der Waals surface area contributed by atoms with Crippen LogP contribution >= 0.6 is 0 Å². The summed E-state index contributed by atoms with van der Waals surface area (Å²) >= 11 is 0. The Balaban J connectivity index is 1.68. The lowest BCUT2D eigenvalue weighted by molar-refractivity contribution is 0.105. The maximum atomic E-state index is 11.8. The van der Waals surface area contributed by atoms with Crippen molar-refractivity contribution in [3.8, 4) is 0 Å². The van der Waals surface area contributed by atoms with Crippen LogP contribution in [0.5, 0.6) is 0 Å². The highest BCUT2D eigenvalue weighted by Gasteiger charge is 2.23. The molecule has 27 heavy (non-hydrogen) atoms.